The number of hydrogen-bond acceptors (Lipinski definition) is 6. The predicted molar refractivity (Wildman–Crippen MR) is 108 cm³/mol. The molecule has 142 valence electrons. The summed E-state index contributed by atoms with van der Waals surface area (Å²) in [6.45, 7) is 4.45. The lowest BCUT2D eigenvalue weighted by atomic mass is 10.0. The SMILES string of the molecule is C=CCN(C(=O)CCNc1ccccc1[N+](=O)[O-])c1nc2c(s1)CCCC2. The van der Waals surface area contributed by atoms with E-state index in [-0.39, 0.29) is 18.0 Å². The van der Waals surface area contributed by atoms with Crippen LogP contribution in [0.3, 0.4) is 0 Å². The Hall–Kier alpha value is -2.74. The molecule has 0 fully saturated rings. The molecule has 1 aliphatic carbocycles. The average molecular weight is 386 g/mol. The number of nitrogens with zero attached hydrogens (tertiary/aromatic N) is 3. The van der Waals surface area contributed by atoms with Gasteiger partial charge in [-0.3, -0.25) is 19.8 Å². The van der Waals surface area contributed by atoms with Crippen LogP contribution in [0, 0.1) is 10.1 Å². The smallest absolute Gasteiger partial charge is 0.292 e. The number of nitrogens with one attached hydrogen (secondary N) is 1. The van der Waals surface area contributed by atoms with Gasteiger partial charge in [0.15, 0.2) is 5.13 Å². The number of hydrogen-bond donors (Lipinski definition) is 1. The van der Waals surface area contributed by atoms with E-state index in [4.69, 9.17) is 0 Å². The van der Waals surface area contributed by atoms with Gasteiger partial charge in [0.2, 0.25) is 5.91 Å². The van der Waals surface area contributed by atoms with E-state index in [1.165, 1.54) is 17.4 Å². The maximum absolute atomic E-state index is 12.7. The predicted octanol–water partition coefficient (Wildman–Crippen LogP) is 3.95. The molecule has 8 heteroatoms. The van der Waals surface area contributed by atoms with Crippen molar-refractivity contribution >= 4 is 33.8 Å². The number of aryl methyl sites for hydroxylation is 2. The Balaban J connectivity index is 1.65. The van der Waals surface area contributed by atoms with Crippen LogP contribution in [0.25, 0.3) is 0 Å². The summed E-state index contributed by atoms with van der Waals surface area (Å²) in [6.07, 6.45) is 6.22. The van der Waals surface area contributed by atoms with Crippen molar-refractivity contribution in [1.29, 1.82) is 0 Å². The molecule has 1 amide bonds. The molecule has 0 saturated carbocycles. The average Bonchev–Trinajstić information content (AvgIpc) is 3.10. The van der Waals surface area contributed by atoms with Crippen molar-refractivity contribution in [3.63, 3.8) is 0 Å². The summed E-state index contributed by atoms with van der Waals surface area (Å²) in [5.41, 5.74) is 1.52. The molecule has 2 aromatic rings. The summed E-state index contributed by atoms with van der Waals surface area (Å²) in [5.74, 6) is -0.0768. The molecule has 0 atom stereocenters. The van der Waals surface area contributed by atoms with Crippen LogP contribution < -0.4 is 10.2 Å². The summed E-state index contributed by atoms with van der Waals surface area (Å²) in [7, 11) is 0. The lowest BCUT2D eigenvalue weighted by Crippen LogP contribution is -2.32. The highest BCUT2D eigenvalue weighted by Gasteiger charge is 2.22. The Morgan fingerprint density at radius 2 is 2.15 bits per heavy atom. The third-order valence-electron chi connectivity index (χ3n) is 4.43. The van der Waals surface area contributed by atoms with Crippen molar-refractivity contribution in [3.05, 3.63) is 57.6 Å². The zero-order valence-electron chi connectivity index (χ0n) is 15.0. The molecule has 1 N–H and O–H groups in total. The van der Waals surface area contributed by atoms with Gasteiger partial charge in [-0.05, 0) is 31.7 Å². The summed E-state index contributed by atoms with van der Waals surface area (Å²) in [6, 6.07) is 6.42. The van der Waals surface area contributed by atoms with Gasteiger partial charge in [-0.15, -0.1) is 17.9 Å². The highest BCUT2D eigenvalue weighted by molar-refractivity contribution is 7.16. The summed E-state index contributed by atoms with van der Waals surface area (Å²) >= 11 is 1.58. The summed E-state index contributed by atoms with van der Waals surface area (Å²) < 4.78 is 0. The lowest BCUT2D eigenvalue weighted by Gasteiger charge is -2.18. The highest BCUT2D eigenvalue weighted by Crippen LogP contribution is 2.32. The summed E-state index contributed by atoms with van der Waals surface area (Å²) in [4.78, 5) is 30.9. The molecule has 1 heterocycles. The Kier molecular flexibility index (Phi) is 6.18. The van der Waals surface area contributed by atoms with Gasteiger partial charge in [0.1, 0.15) is 5.69 Å². The van der Waals surface area contributed by atoms with E-state index in [0.29, 0.717) is 18.8 Å². The van der Waals surface area contributed by atoms with Gasteiger partial charge in [-0.25, -0.2) is 4.98 Å². The number of para-hydroxylation sites is 2. The molecular formula is C19H22N4O3S. The van der Waals surface area contributed by atoms with Crippen molar-refractivity contribution in [2.75, 3.05) is 23.3 Å². The monoisotopic (exact) mass is 386 g/mol. The van der Waals surface area contributed by atoms with Gasteiger partial charge in [-0.2, -0.15) is 0 Å². The molecule has 0 radical (unpaired) electrons. The van der Waals surface area contributed by atoms with Crippen LogP contribution in [0.15, 0.2) is 36.9 Å². The Labute approximate surface area is 161 Å². The van der Waals surface area contributed by atoms with E-state index < -0.39 is 4.92 Å². The van der Waals surface area contributed by atoms with Gasteiger partial charge in [0, 0.05) is 30.5 Å². The first-order chi connectivity index (χ1) is 13.1. The number of amides is 1. The third kappa shape index (κ3) is 4.51. The number of fused-ring (bicyclic) bond motifs is 1. The Bertz CT molecular complexity index is 826. The van der Waals surface area contributed by atoms with Crippen LogP contribution in [0.5, 0.6) is 0 Å². The number of nitro benzene ring substituents is 1. The third-order valence-corrected chi connectivity index (χ3v) is 5.61. The molecule has 0 unspecified atom stereocenters. The second-order valence-electron chi connectivity index (χ2n) is 6.32. The van der Waals surface area contributed by atoms with Gasteiger partial charge >= 0.3 is 0 Å². The van der Waals surface area contributed by atoms with Crippen molar-refractivity contribution in [1.82, 2.24) is 4.98 Å². The number of anilines is 2. The van der Waals surface area contributed by atoms with Crippen LogP contribution in [-0.4, -0.2) is 28.9 Å². The molecule has 27 heavy (non-hydrogen) atoms. The largest absolute Gasteiger partial charge is 0.379 e. The number of benzene rings is 1. The highest BCUT2D eigenvalue weighted by atomic mass is 32.1. The maximum Gasteiger partial charge on any atom is 0.292 e. The van der Waals surface area contributed by atoms with Crippen molar-refractivity contribution < 1.29 is 9.72 Å². The first kappa shape index (κ1) is 19.0. The topological polar surface area (TPSA) is 88.4 Å². The minimum Gasteiger partial charge on any atom is -0.379 e. The fraction of sp³-hybridized carbons (Fsp3) is 0.368. The van der Waals surface area contributed by atoms with Crippen LogP contribution in [0.1, 0.15) is 29.8 Å². The fourth-order valence-electron chi connectivity index (χ4n) is 3.09. The summed E-state index contributed by atoms with van der Waals surface area (Å²) in [5, 5.41) is 14.8. The molecule has 1 aromatic carbocycles. The molecule has 0 spiro atoms. The van der Waals surface area contributed by atoms with Crippen molar-refractivity contribution in [2.24, 2.45) is 0 Å². The zero-order chi connectivity index (χ0) is 19.2. The Morgan fingerprint density at radius 3 is 2.89 bits per heavy atom. The van der Waals surface area contributed by atoms with Crippen LogP contribution in [-0.2, 0) is 17.6 Å². The molecule has 0 saturated heterocycles. The first-order valence-corrected chi connectivity index (χ1v) is 9.79. The van der Waals surface area contributed by atoms with Crippen LogP contribution in [0.4, 0.5) is 16.5 Å². The Morgan fingerprint density at radius 1 is 1.37 bits per heavy atom. The second kappa shape index (κ2) is 8.77. The maximum atomic E-state index is 12.7. The van der Waals surface area contributed by atoms with Crippen molar-refractivity contribution in [3.8, 4) is 0 Å². The number of carbonyl (C=O) groups excluding carboxylic acids is 1. The number of nitro groups is 1. The van der Waals surface area contributed by atoms with Gasteiger partial charge < -0.3 is 5.32 Å². The number of carbonyl (C=O) groups is 1. The second-order valence-corrected chi connectivity index (χ2v) is 7.38. The van der Waals surface area contributed by atoms with Gasteiger partial charge in [0.05, 0.1) is 10.6 Å². The van der Waals surface area contributed by atoms with E-state index in [1.807, 2.05) is 0 Å². The fourth-order valence-corrected chi connectivity index (χ4v) is 4.27. The number of thiazole rings is 1. The van der Waals surface area contributed by atoms with Gasteiger partial charge in [-0.1, -0.05) is 18.2 Å². The lowest BCUT2D eigenvalue weighted by molar-refractivity contribution is -0.384. The number of rotatable bonds is 8. The molecule has 7 nitrogen and oxygen atoms in total. The standard InChI is InChI=1S/C19H22N4O3S/c1-2-13-22(19-21-15-8-4-6-10-17(15)27-19)18(24)11-12-20-14-7-3-5-9-16(14)23(25)26/h2-3,5,7,9,20H,1,4,6,8,10-13H2. The van der Waals surface area contributed by atoms with E-state index in [9.17, 15) is 14.9 Å². The van der Waals surface area contributed by atoms with Crippen molar-refractivity contribution in [2.45, 2.75) is 32.1 Å². The quantitative estimate of drug-likeness (QED) is 0.422. The molecule has 0 bridgehead atoms. The molecule has 1 aliphatic rings. The number of aromatic nitrogens is 1. The zero-order valence-corrected chi connectivity index (χ0v) is 15.8. The van der Waals surface area contributed by atoms with E-state index in [2.05, 4.69) is 16.9 Å². The van der Waals surface area contributed by atoms with Crippen LogP contribution in [0.2, 0.25) is 0 Å². The molecule has 0 aliphatic heterocycles. The molecular weight excluding hydrogens is 364 g/mol. The van der Waals surface area contributed by atoms with Crippen LogP contribution >= 0.6 is 11.3 Å². The van der Waals surface area contributed by atoms with Gasteiger partial charge in [0.25, 0.3) is 5.69 Å². The van der Waals surface area contributed by atoms with E-state index in [0.717, 1.165) is 30.1 Å². The van der Waals surface area contributed by atoms with E-state index >= 15 is 0 Å². The molecule has 3 rings (SSSR count). The minimum absolute atomic E-state index is 0.000459. The normalized spacial score (nSPS) is 12.9. The van der Waals surface area contributed by atoms with E-state index in [1.54, 1.807) is 40.5 Å². The molecule has 1 aromatic heterocycles. The first-order valence-electron chi connectivity index (χ1n) is 8.97. The minimum atomic E-state index is -0.436.